The molecule has 0 aliphatic rings. The molecule has 0 radical (unpaired) electrons. The molecule has 0 fully saturated rings. The maximum Gasteiger partial charge on any atom is 0.271 e. The Morgan fingerprint density at radius 3 is 2.58 bits per heavy atom. The standard InChI is InChI=1S/C14H12ClN3O/c1-10(13-4-2-3-9-16-13)17-18-14(19)11-5-7-12(15)8-6-11/h2-9H,1H3,(H,18,19)/b17-10-. The highest BCUT2D eigenvalue weighted by Crippen LogP contribution is 2.09. The molecule has 0 aliphatic heterocycles. The van der Waals surface area contributed by atoms with E-state index in [1.807, 2.05) is 18.2 Å². The lowest BCUT2D eigenvalue weighted by atomic mass is 10.2. The van der Waals surface area contributed by atoms with Crippen molar-refractivity contribution in [1.82, 2.24) is 10.4 Å². The van der Waals surface area contributed by atoms with Crippen LogP contribution in [0.25, 0.3) is 0 Å². The van der Waals surface area contributed by atoms with Gasteiger partial charge in [0.2, 0.25) is 0 Å². The Balaban J connectivity index is 2.06. The molecular formula is C14H12ClN3O. The number of amides is 1. The van der Waals surface area contributed by atoms with E-state index in [0.717, 1.165) is 5.69 Å². The molecule has 0 spiro atoms. The van der Waals surface area contributed by atoms with E-state index < -0.39 is 0 Å². The van der Waals surface area contributed by atoms with Gasteiger partial charge in [-0.25, -0.2) is 5.43 Å². The number of benzene rings is 1. The molecule has 0 saturated heterocycles. The van der Waals surface area contributed by atoms with E-state index in [9.17, 15) is 4.79 Å². The van der Waals surface area contributed by atoms with Crippen LogP contribution in [-0.4, -0.2) is 16.6 Å². The van der Waals surface area contributed by atoms with Crippen molar-refractivity contribution in [1.29, 1.82) is 0 Å². The molecular weight excluding hydrogens is 262 g/mol. The van der Waals surface area contributed by atoms with Crippen LogP contribution < -0.4 is 5.43 Å². The van der Waals surface area contributed by atoms with Gasteiger partial charge in [-0.2, -0.15) is 5.10 Å². The monoisotopic (exact) mass is 273 g/mol. The summed E-state index contributed by atoms with van der Waals surface area (Å²) in [5.41, 5.74) is 4.35. The van der Waals surface area contributed by atoms with Gasteiger partial charge in [0, 0.05) is 16.8 Å². The van der Waals surface area contributed by atoms with Gasteiger partial charge in [-0.15, -0.1) is 0 Å². The number of hydrogen-bond acceptors (Lipinski definition) is 3. The molecule has 1 N–H and O–H groups in total. The Labute approximate surface area is 116 Å². The van der Waals surface area contributed by atoms with E-state index >= 15 is 0 Å². The van der Waals surface area contributed by atoms with Crippen molar-refractivity contribution in [2.24, 2.45) is 5.10 Å². The van der Waals surface area contributed by atoms with Crippen molar-refractivity contribution in [3.8, 4) is 0 Å². The Morgan fingerprint density at radius 2 is 1.95 bits per heavy atom. The molecule has 1 aromatic carbocycles. The van der Waals surface area contributed by atoms with Gasteiger partial charge in [0.05, 0.1) is 11.4 Å². The molecule has 2 rings (SSSR count). The third kappa shape index (κ3) is 3.63. The summed E-state index contributed by atoms with van der Waals surface area (Å²) in [6.07, 6.45) is 1.68. The van der Waals surface area contributed by atoms with Crippen LogP contribution in [0.4, 0.5) is 0 Å². The Morgan fingerprint density at radius 1 is 1.21 bits per heavy atom. The van der Waals surface area contributed by atoms with Gasteiger partial charge < -0.3 is 0 Å². The molecule has 5 heteroatoms. The largest absolute Gasteiger partial charge is 0.271 e. The number of nitrogens with zero attached hydrogens (tertiary/aromatic N) is 2. The molecule has 96 valence electrons. The fourth-order valence-electron chi connectivity index (χ4n) is 1.43. The van der Waals surface area contributed by atoms with E-state index in [1.54, 1.807) is 37.4 Å². The SMILES string of the molecule is C/C(=N/NC(=O)c1ccc(Cl)cc1)c1ccccn1. The third-order valence-electron chi connectivity index (χ3n) is 2.47. The highest BCUT2D eigenvalue weighted by atomic mass is 35.5. The van der Waals surface area contributed by atoms with Gasteiger partial charge in [0.15, 0.2) is 0 Å². The zero-order chi connectivity index (χ0) is 13.7. The van der Waals surface area contributed by atoms with E-state index in [1.165, 1.54) is 0 Å². The minimum atomic E-state index is -0.285. The maximum absolute atomic E-state index is 11.8. The zero-order valence-corrected chi connectivity index (χ0v) is 11.1. The summed E-state index contributed by atoms with van der Waals surface area (Å²) >= 11 is 5.76. The van der Waals surface area contributed by atoms with E-state index in [4.69, 9.17) is 11.6 Å². The minimum Gasteiger partial charge on any atom is -0.267 e. The lowest BCUT2D eigenvalue weighted by molar-refractivity contribution is 0.0955. The number of carbonyl (C=O) groups excluding carboxylic acids is 1. The Kier molecular flexibility index (Phi) is 4.26. The quantitative estimate of drug-likeness (QED) is 0.690. The average molecular weight is 274 g/mol. The maximum atomic E-state index is 11.8. The summed E-state index contributed by atoms with van der Waals surface area (Å²) in [5, 5.41) is 4.60. The molecule has 2 aromatic rings. The molecule has 0 unspecified atom stereocenters. The second-order valence-electron chi connectivity index (χ2n) is 3.86. The number of rotatable bonds is 3. The van der Waals surface area contributed by atoms with Crippen LogP contribution in [0.2, 0.25) is 5.02 Å². The fraction of sp³-hybridized carbons (Fsp3) is 0.0714. The minimum absolute atomic E-state index is 0.285. The van der Waals surface area contributed by atoms with Crippen LogP contribution in [0.1, 0.15) is 23.0 Å². The number of hydrazone groups is 1. The Bertz CT molecular complexity index is 594. The third-order valence-corrected chi connectivity index (χ3v) is 2.72. The van der Waals surface area contributed by atoms with Crippen molar-refractivity contribution in [2.75, 3.05) is 0 Å². The predicted molar refractivity (Wildman–Crippen MR) is 75.4 cm³/mol. The lowest BCUT2D eigenvalue weighted by Crippen LogP contribution is -2.19. The van der Waals surface area contributed by atoms with Crippen LogP contribution >= 0.6 is 11.6 Å². The predicted octanol–water partition coefficient (Wildman–Crippen LogP) is 2.89. The van der Waals surface area contributed by atoms with Crippen LogP contribution in [0.15, 0.2) is 53.8 Å². The number of pyridine rings is 1. The summed E-state index contributed by atoms with van der Waals surface area (Å²) in [4.78, 5) is 16.0. The first-order valence-corrected chi connectivity index (χ1v) is 6.06. The molecule has 0 bridgehead atoms. The van der Waals surface area contributed by atoms with E-state index in [2.05, 4.69) is 15.5 Å². The van der Waals surface area contributed by atoms with Gasteiger partial charge in [0.1, 0.15) is 0 Å². The van der Waals surface area contributed by atoms with Crippen molar-refractivity contribution >= 4 is 23.2 Å². The summed E-state index contributed by atoms with van der Waals surface area (Å²) in [5.74, 6) is -0.285. The summed E-state index contributed by atoms with van der Waals surface area (Å²) in [7, 11) is 0. The highest BCUT2D eigenvalue weighted by Gasteiger charge is 2.04. The number of halogens is 1. The fourth-order valence-corrected chi connectivity index (χ4v) is 1.56. The molecule has 0 saturated carbocycles. The van der Waals surface area contributed by atoms with Gasteiger partial charge in [-0.3, -0.25) is 9.78 Å². The topological polar surface area (TPSA) is 54.4 Å². The van der Waals surface area contributed by atoms with Gasteiger partial charge in [-0.05, 0) is 43.3 Å². The van der Waals surface area contributed by atoms with Crippen LogP contribution in [0, 0.1) is 0 Å². The number of carbonyl (C=O) groups is 1. The number of aromatic nitrogens is 1. The molecule has 0 aliphatic carbocycles. The van der Waals surface area contributed by atoms with Crippen molar-refractivity contribution in [3.63, 3.8) is 0 Å². The average Bonchev–Trinajstić information content (AvgIpc) is 2.46. The van der Waals surface area contributed by atoms with Crippen molar-refractivity contribution < 1.29 is 4.79 Å². The zero-order valence-electron chi connectivity index (χ0n) is 10.3. The molecule has 0 atom stereocenters. The molecule has 19 heavy (non-hydrogen) atoms. The van der Waals surface area contributed by atoms with Gasteiger partial charge in [0.25, 0.3) is 5.91 Å². The van der Waals surface area contributed by atoms with Crippen molar-refractivity contribution in [2.45, 2.75) is 6.92 Å². The van der Waals surface area contributed by atoms with Gasteiger partial charge in [-0.1, -0.05) is 17.7 Å². The molecule has 1 amide bonds. The molecule has 1 heterocycles. The van der Waals surface area contributed by atoms with Gasteiger partial charge >= 0.3 is 0 Å². The highest BCUT2D eigenvalue weighted by molar-refractivity contribution is 6.30. The van der Waals surface area contributed by atoms with E-state index in [-0.39, 0.29) is 5.91 Å². The first-order chi connectivity index (χ1) is 9.16. The van der Waals surface area contributed by atoms with Crippen LogP contribution in [0.3, 0.4) is 0 Å². The Hall–Kier alpha value is -2.20. The van der Waals surface area contributed by atoms with Crippen LogP contribution in [-0.2, 0) is 0 Å². The summed E-state index contributed by atoms with van der Waals surface area (Å²) in [6, 6.07) is 12.1. The van der Waals surface area contributed by atoms with Crippen molar-refractivity contribution in [3.05, 3.63) is 64.9 Å². The second kappa shape index (κ2) is 6.11. The number of hydrogen-bond donors (Lipinski definition) is 1. The van der Waals surface area contributed by atoms with E-state index in [0.29, 0.717) is 16.3 Å². The first kappa shape index (κ1) is 13.2. The number of nitrogens with one attached hydrogen (secondary N) is 1. The molecule has 1 aromatic heterocycles. The summed E-state index contributed by atoms with van der Waals surface area (Å²) < 4.78 is 0. The lowest BCUT2D eigenvalue weighted by Gasteiger charge is -2.02. The summed E-state index contributed by atoms with van der Waals surface area (Å²) in [6.45, 7) is 1.78. The van der Waals surface area contributed by atoms with Crippen LogP contribution in [0.5, 0.6) is 0 Å². The second-order valence-corrected chi connectivity index (χ2v) is 4.30. The molecule has 4 nitrogen and oxygen atoms in total. The first-order valence-electron chi connectivity index (χ1n) is 5.68. The smallest absolute Gasteiger partial charge is 0.267 e. The normalized spacial score (nSPS) is 11.2.